The predicted octanol–water partition coefficient (Wildman–Crippen LogP) is 4.37. The van der Waals surface area contributed by atoms with Crippen molar-refractivity contribution in [2.75, 3.05) is 42.2 Å². The van der Waals surface area contributed by atoms with E-state index in [2.05, 4.69) is 13.0 Å². The number of aliphatic hydroxyl groups is 6. The molecule has 0 amide bonds. The van der Waals surface area contributed by atoms with Crippen molar-refractivity contribution in [1.29, 1.82) is 0 Å². The van der Waals surface area contributed by atoms with Gasteiger partial charge in [-0.25, -0.2) is 4.79 Å². The zero-order chi connectivity index (χ0) is 69.0. The van der Waals surface area contributed by atoms with Crippen LogP contribution in [0.4, 0.5) is 0 Å². The lowest BCUT2D eigenvalue weighted by molar-refractivity contribution is -0.360. The number of allylic oxidation sites excluding steroid dienone is 1. The average Bonchev–Trinajstić information content (AvgIpc) is 1.63. The zero-order valence-corrected chi connectivity index (χ0v) is 58.5. The van der Waals surface area contributed by atoms with Gasteiger partial charge in [0.1, 0.15) is 78.0 Å². The van der Waals surface area contributed by atoms with Gasteiger partial charge in [-0.1, -0.05) is 44.9 Å². The highest BCUT2D eigenvalue weighted by atomic mass is 16.8. The summed E-state index contributed by atoms with van der Waals surface area (Å²) in [6, 6.07) is 0. The molecular weight excluding hydrogens is 1240 g/mol. The van der Waals surface area contributed by atoms with E-state index >= 15 is 0 Å². The molecule has 10 rings (SSSR count). The summed E-state index contributed by atoms with van der Waals surface area (Å²) in [6.45, 7) is 20.2. The van der Waals surface area contributed by atoms with Crippen molar-refractivity contribution >= 4 is 11.8 Å². The van der Waals surface area contributed by atoms with Gasteiger partial charge < -0.3 is 116 Å². The van der Waals surface area contributed by atoms with Gasteiger partial charge in [-0.2, -0.15) is 0 Å². The predicted molar refractivity (Wildman–Crippen MR) is 334 cm³/mol. The van der Waals surface area contributed by atoms with Gasteiger partial charge in [0, 0.05) is 91.0 Å². The van der Waals surface area contributed by atoms with E-state index in [-0.39, 0.29) is 37.1 Å². The molecule has 26 heteroatoms. The van der Waals surface area contributed by atoms with Crippen LogP contribution in [0, 0.1) is 28.6 Å². The van der Waals surface area contributed by atoms with E-state index in [9.17, 15) is 40.2 Å². The van der Waals surface area contributed by atoms with Crippen LogP contribution in [-0.2, 0) is 94.9 Å². The number of carbonyl (C=O) groups excluding carboxylic acids is 2. The largest absolute Gasteiger partial charge is 0.458 e. The van der Waals surface area contributed by atoms with E-state index in [1.54, 1.807) is 35.4 Å². The second kappa shape index (κ2) is 30.7. The Labute approximate surface area is 559 Å². The maximum Gasteiger partial charge on any atom is 0.330 e. The molecule has 4 aliphatic carbocycles. The number of hydrogen-bond donors (Lipinski definition) is 6. The van der Waals surface area contributed by atoms with Crippen LogP contribution in [0.3, 0.4) is 0 Å². The van der Waals surface area contributed by atoms with E-state index in [4.69, 9.17) is 85.3 Å². The quantitative estimate of drug-likeness (QED) is 0.0498. The number of ether oxygens (including phenoxy) is 18. The number of esters is 1. The lowest BCUT2D eigenvalue weighted by atomic mass is 9.43. The Bertz CT molecular complexity index is 2630. The molecule has 10 aliphatic rings. The smallest absolute Gasteiger partial charge is 0.330 e. The van der Waals surface area contributed by atoms with Crippen LogP contribution < -0.4 is 0 Å². The highest BCUT2D eigenvalue weighted by molar-refractivity contribution is 5.83. The van der Waals surface area contributed by atoms with Crippen molar-refractivity contribution in [1.82, 2.24) is 0 Å². The first-order valence-corrected chi connectivity index (χ1v) is 34.7. The third-order valence-electron chi connectivity index (χ3n) is 23.8. The molecule has 26 nitrogen and oxygen atoms in total. The minimum Gasteiger partial charge on any atom is -0.458 e. The Hall–Kier alpha value is -2.30. The van der Waals surface area contributed by atoms with Crippen molar-refractivity contribution in [3.8, 4) is 0 Å². The van der Waals surface area contributed by atoms with Gasteiger partial charge in [0.05, 0.1) is 73.8 Å². The molecule has 33 atom stereocenters. The van der Waals surface area contributed by atoms with Gasteiger partial charge in [0.15, 0.2) is 37.7 Å². The molecule has 95 heavy (non-hydrogen) atoms. The minimum atomic E-state index is -1.68. The maximum atomic E-state index is 13.6. The summed E-state index contributed by atoms with van der Waals surface area (Å²) >= 11 is 0. The first-order chi connectivity index (χ1) is 45.0. The number of ketones is 1. The van der Waals surface area contributed by atoms with Gasteiger partial charge in [-0.05, 0) is 105 Å². The first kappa shape index (κ1) is 75.4. The van der Waals surface area contributed by atoms with Crippen LogP contribution >= 0.6 is 0 Å². The van der Waals surface area contributed by atoms with E-state index in [1.807, 2.05) is 55.4 Å². The highest BCUT2D eigenvalue weighted by Gasteiger charge is 2.77. The number of rotatable bonds is 22. The molecule has 6 N–H and O–H groups in total. The monoisotopic (exact) mass is 1360 g/mol. The van der Waals surface area contributed by atoms with Crippen LogP contribution in [-0.4, -0.2) is 262 Å². The van der Waals surface area contributed by atoms with Crippen molar-refractivity contribution in [2.45, 2.75) is 330 Å². The van der Waals surface area contributed by atoms with E-state index in [1.165, 1.54) is 20.1 Å². The van der Waals surface area contributed by atoms with Crippen LogP contribution in [0.5, 0.6) is 0 Å². The summed E-state index contributed by atoms with van der Waals surface area (Å²) in [7, 11) is 8.02. The third kappa shape index (κ3) is 14.7. The first-order valence-electron chi connectivity index (χ1n) is 34.7. The van der Waals surface area contributed by atoms with Gasteiger partial charge in [-0.15, -0.1) is 0 Å². The fourth-order valence-corrected chi connectivity index (χ4v) is 17.9. The molecule has 0 radical (unpaired) electrons. The number of methoxy groups -OCH3 is 5. The van der Waals surface area contributed by atoms with E-state index in [0.29, 0.717) is 57.8 Å². The maximum absolute atomic E-state index is 13.6. The summed E-state index contributed by atoms with van der Waals surface area (Å²) in [5, 5.41) is 67.0. The number of hydrogen-bond acceptors (Lipinski definition) is 26. The molecule has 0 bridgehead atoms. The number of aliphatic hydroxyl groups excluding tert-OH is 4. The van der Waals surface area contributed by atoms with E-state index in [0.717, 1.165) is 11.1 Å². The summed E-state index contributed by atoms with van der Waals surface area (Å²) in [5.74, 6) is -1.50. The molecular formula is C69H112O26. The second-order valence-electron chi connectivity index (χ2n) is 29.5. The van der Waals surface area contributed by atoms with Crippen molar-refractivity contribution in [2.24, 2.45) is 28.6 Å². The topological polar surface area (TPSA) is 322 Å². The average molecular weight is 1360 g/mol. The summed E-state index contributed by atoms with van der Waals surface area (Å²) in [6.07, 6.45) is -11.6. The van der Waals surface area contributed by atoms with Gasteiger partial charge in [0.25, 0.3) is 0 Å². The molecule has 33 unspecified atom stereocenters. The Morgan fingerprint density at radius 2 is 1.00 bits per heavy atom. The summed E-state index contributed by atoms with van der Waals surface area (Å²) in [5.41, 5.74) is -2.99. The lowest BCUT2D eigenvalue weighted by Crippen LogP contribution is -2.75. The van der Waals surface area contributed by atoms with Gasteiger partial charge in [-0.3, -0.25) is 4.79 Å². The van der Waals surface area contributed by atoms with Crippen molar-refractivity contribution in [3.63, 3.8) is 0 Å². The lowest BCUT2D eigenvalue weighted by Gasteiger charge is -2.66. The van der Waals surface area contributed by atoms with Gasteiger partial charge in [0.2, 0.25) is 0 Å². The van der Waals surface area contributed by atoms with Crippen molar-refractivity contribution < 1.29 is 125 Å². The molecule has 0 aromatic heterocycles. The van der Waals surface area contributed by atoms with Crippen LogP contribution in [0.25, 0.3) is 0 Å². The molecule has 0 spiro atoms. The normalized spacial score (nSPS) is 49.7. The minimum absolute atomic E-state index is 0.0857. The summed E-state index contributed by atoms with van der Waals surface area (Å²) < 4.78 is 114. The number of Topliss-reactive ketones (excluding diaryl/α,β-unsaturated/α-hetero) is 1. The van der Waals surface area contributed by atoms with Crippen molar-refractivity contribution in [3.05, 3.63) is 23.3 Å². The van der Waals surface area contributed by atoms with Crippen LogP contribution in [0.2, 0.25) is 0 Å². The number of fused-ring (bicyclic) bond motifs is 5. The standard InChI is InChI=1S/C69H112O26/c1-32(2)33(3)23-51(72)90-50-30-49-66(10)20-18-41(24-40(66)17-21-68(49,76)69(77)22-19-42(34(4)71)67(50,69)11)88-52-25-43(78-12)60(35(5)83-52)91-53-26-44(79-13)61(36(6)84-53)92-54-27-45(80-14)62(37(7)85-54)93-55-28-46(81-15)63(38(8)86-55)94-56-29-47(82-16)64(39(9)87-56)95-65-59(75)58(74)57(73)48(31-70)89-65/h17,23,32,35-39,41-50,52-65,70,73-77H,18-22,24-31H2,1-16H3. The second-order valence-corrected chi connectivity index (χ2v) is 29.5. The molecule has 6 aliphatic heterocycles. The molecule has 3 saturated carbocycles. The van der Waals surface area contributed by atoms with E-state index < -0.39 is 206 Å². The molecule has 6 heterocycles. The fourth-order valence-electron chi connectivity index (χ4n) is 17.9. The molecule has 0 aromatic carbocycles. The highest BCUT2D eigenvalue weighted by Crippen LogP contribution is 2.70. The Kier molecular flexibility index (Phi) is 24.4. The zero-order valence-electron chi connectivity index (χ0n) is 58.5. The third-order valence-corrected chi connectivity index (χ3v) is 23.8. The summed E-state index contributed by atoms with van der Waals surface area (Å²) in [4.78, 5) is 26.9. The molecule has 544 valence electrons. The Morgan fingerprint density at radius 3 is 1.40 bits per heavy atom. The SMILES string of the molecule is COC1CC(OC2CCC3(C)C(=CCC4(O)C3CC(OC(=O)C=C(C)C(C)C)C3(C)C(C(C)=O)CCC43O)C2)OC(C)C1OC1CC(OC)C(OC2CC(OC)C(OC3CC(OC)C(OC4CC(OC)C(OC5OC(CO)C(O)C(O)C5O)C(C)O4)C(C)O3)C(C)O2)C(C)O1. The van der Waals surface area contributed by atoms with Crippen LogP contribution in [0.15, 0.2) is 23.3 Å². The Morgan fingerprint density at radius 1 is 0.579 bits per heavy atom. The molecule has 9 fully saturated rings. The number of carbonyl (C=O) groups is 2. The molecule has 0 aromatic rings. The fraction of sp³-hybridized carbons (Fsp3) is 0.913. The Balaban J connectivity index is 0.697. The van der Waals surface area contributed by atoms with Gasteiger partial charge >= 0.3 is 5.97 Å². The molecule has 6 saturated heterocycles. The van der Waals surface area contributed by atoms with Crippen LogP contribution in [0.1, 0.15) is 153 Å².